The third-order valence-electron chi connectivity index (χ3n) is 2.20. The Hall–Kier alpha value is -1.06. The highest BCUT2D eigenvalue weighted by atomic mass is 35.5. The number of hydrogen-bond donors (Lipinski definition) is 1. The standard InChI is InChI=1S/C12H7ClF2S/c13-10-6-7(14)4-5-8(10)9-2-1-3-11(16)12(9)15/h1-6,16H. The Labute approximate surface area is 102 Å². The molecule has 16 heavy (non-hydrogen) atoms. The van der Waals surface area contributed by atoms with Gasteiger partial charge in [0.05, 0.1) is 5.02 Å². The number of rotatable bonds is 1. The zero-order valence-electron chi connectivity index (χ0n) is 8.05. The molecule has 2 aromatic rings. The van der Waals surface area contributed by atoms with E-state index in [-0.39, 0.29) is 9.92 Å². The van der Waals surface area contributed by atoms with Crippen LogP contribution in [0.1, 0.15) is 0 Å². The molecule has 2 rings (SSSR count). The first-order valence-electron chi connectivity index (χ1n) is 4.52. The van der Waals surface area contributed by atoms with Crippen molar-refractivity contribution in [3.8, 4) is 11.1 Å². The van der Waals surface area contributed by atoms with Crippen LogP contribution < -0.4 is 0 Å². The van der Waals surface area contributed by atoms with E-state index in [9.17, 15) is 8.78 Å². The first-order valence-corrected chi connectivity index (χ1v) is 5.35. The zero-order valence-corrected chi connectivity index (χ0v) is 9.70. The van der Waals surface area contributed by atoms with Gasteiger partial charge in [-0.05, 0) is 24.3 Å². The van der Waals surface area contributed by atoms with Crippen LogP contribution in [-0.2, 0) is 0 Å². The highest BCUT2D eigenvalue weighted by molar-refractivity contribution is 7.80. The van der Waals surface area contributed by atoms with Crippen LogP contribution in [-0.4, -0.2) is 0 Å². The van der Waals surface area contributed by atoms with Crippen LogP contribution in [0.3, 0.4) is 0 Å². The second-order valence-corrected chi connectivity index (χ2v) is 4.15. The molecule has 0 spiro atoms. The van der Waals surface area contributed by atoms with Crippen LogP contribution in [0.2, 0.25) is 5.02 Å². The van der Waals surface area contributed by atoms with Crippen molar-refractivity contribution in [1.82, 2.24) is 0 Å². The lowest BCUT2D eigenvalue weighted by Crippen LogP contribution is -1.87. The SMILES string of the molecule is Fc1ccc(-c2cccc(S)c2F)c(Cl)c1. The fourth-order valence-corrected chi connectivity index (χ4v) is 1.91. The lowest BCUT2D eigenvalue weighted by Gasteiger charge is -2.07. The molecule has 0 heterocycles. The van der Waals surface area contributed by atoms with Crippen LogP contribution in [0.25, 0.3) is 11.1 Å². The van der Waals surface area contributed by atoms with Crippen molar-refractivity contribution in [3.63, 3.8) is 0 Å². The van der Waals surface area contributed by atoms with Crippen molar-refractivity contribution < 1.29 is 8.78 Å². The average Bonchev–Trinajstić information content (AvgIpc) is 2.23. The molecule has 0 saturated heterocycles. The van der Waals surface area contributed by atoms with E-state index < -0.39 is 11.6 Å². The van der Waals surface area contributed by atoms with Crippen molar-refractivity contribution in [2.75, 3.05) is 0 Å². The maximum Gasteiger partial charge on any atom is 0.144 e. The maximum absolute atomic E-state index is 13.7. The average molecular weight is 257 g/mol. The normalized spacial score (nSPS) is 10.5. The van der Waals surface area contributed by atoms with Crippen molar-refractivity contribution >= 4 is 24.2 Å². The zero-order chi connectivity index (χ0) is 11.7. The van der Waals surface area contributed by atoms with Crippen molar-refractivity contribution in [1.29, 1.82) is 0 Å². The minimum absolute atomic E-state index is 0.179. The second kappa shape index (κ2) is 4.44. The van der Waals surface area contributed by atoms with Crippen LogP contribution in [0.15, 0.2) is 41.3 Å². The van der Waals surface area contributed by atoms with Crippen molar-refractivity contribution in [3.05, 3.63) is 53.1 Å². The number of halogens is 3. The number of thiol groups is 1. The molecule has 0 bridgehead atoms. The minimum Gasteiger partial charge on any atom is -0.207 e. The monoisotopic (exact) mass is 256 g/mol. The lowest BCUT2D eigenvalue weighted by atomic mass is 10.1. The predicted molar refractivity (Wildman–Crippen MR) is 64.1 cm³/mol. The smallest absolute Gasteiger partial charge is 0.144 e. The first-order chi connectivity index (χ1) is 7.59. The quantitative estimate of drug-likeness (QED) is 0.710. The van der Waals surface area contributed by atoms with E-state index in [4.69, 9.17) is 11.6 Å². The summed E-state index contributed by atoms with van der Waals surface area (Å²) in [6.07, 6.45) is 0. The molecular formula is C12H7ClF2S. The Bertz CT molecular complexity index is 541. The summed E-state index contributed by atoms with van der Waals surface area (Å²) < 4.78 is 26.6. The Balaban J connectivity index is 2.63. The summed E-state index contributed by atoms with van der Waals surface area (Å²) in [5.41, 5.74) is 0.772. The number of hydrogen-bond acceptors (Lipinski definition) is 1. The molecule has 82 valence electrons. The summed E-state index contributed by atoms with van der Waals surface area (Å²) in [4.78, 5) is 0.234. The maximum atomic E-state index is 13.7. The molecular weight excluding hydrogens is 250 g/mol. The van der Waals surface area contributed by atoms with Crippen LogP contribution in [0, 0.1) is 11.6 Å². The topological polar surface area (TPSA) is 0 Å². The van der Waals surface area contributed by atoms with Gasteiger partial charge in [-0.2, -0.15) is 0 Å². The summed E-state index contributed by atoms with van der Waals surface area (Å²) in [6, 6.07) is 8.63. The Kier molecular flexibility index (Phi) is 3.17. The van der Waals surface area contributed by atoms with Crippen LogP contribution in [0.5, 0.6) is 0 Å². The van der Waals surface area contributed by atoms with Gasteiger partial charge in [0, 0.05) is 16.0 Å². The van der Waals surface area contributed by atoms with E-state index >= 15 is 0 Å². The summed E-state index contributed by atoms with van der Waals surface area (Å²) in [5, 5.41) is 0.179. The summed E-state index contributed by atoms with van der Waals surface area (Å²) >= 11 is 9.84. The third kappa shape index (κ3) is 2.06. The van der Waals surface area contributed by atoms with E-state index in [1.165, 1.54) is 12.1 Å². The van der Waals surface area contributed by atoms with E-state index in [0.29, 0.717) is 11.1 Å². The van der Waals surface area contributed by atoms with E-state index in [1.54, 1.807) is 18.2 Å². The molecule has 0 atom stereocenters. The summed E-state index contributed by atoms with van der Waals surface area (Å²) in [7, 11) is 0. The van der Waals surface area contributed by atoms with Gasteiger partial charge in [0.15, 0.2) is 0 Å². The number of benzene rings is 2. The van der Waals surface area contributed by atoms with Crippen molar-refractivity contribution in [2.45, 2.75) is 4.90 Å². The lowest BCUT2D eigenvalue weighted by molar-refractivity contribution is 0.606. The van der Waals surface area contributed by atoms with Gasteiger partial charge in [-0.25, -0.2) is 8.78 Å². The van der Waals surface area contributed by atoms with Gasteiger partial charge in [0.25, 0.3) is 0 Å². The second-order valence-electron chi connectivity index (χ2n) is 3.26. The molecule has 0 aliphatic carbocycles. The van der Waals surface area contributed by atoms with Gasteiger partial charge >= 0.3 is 0 Å². The molecule has 0 aliphatic heterocycles. The molecule has 4 heteroatoms. The van der Waals surface area contributed by atoms with Gasteiger partial charge in [-0.15, -0.1) is 12.6 Å². The van der Waals surface area contributed by atoms with Crippen LogP contribution in [0.4, 0.5) is 8.78 Å². The predicted octanol–water partition coefficient (Wildman–Crippen LogP) is 4.57. The highest BCUT2D eigenvalue weighted by Gasteiger charge is 2.11. The van der Waals surface area contributed by atoms with E-state index in [0.717, 1.165) is 6.07 Å². The van der Waals surface area contributed by atoms with Gasteiger partial charge in [-0.1, -0.05) is 23.7 Å². The molecule has 0 fully saturated rings. The molecule has 0 aliphatic rings. The minimum atomic E-state index is -0.459. The molecule has 0 saturated carbocycles. The molecule has 2 aromatic carbocycles. The molecule has 0 radical (unpaired) electrons. The highest BCUT2D eigenvalue weighted by Crippen LogP contribution is 2.32. The van der Waals surface area contributed by atoms with Crippen molar-refractivity contribution in [2.24, 2.45) is 0 Å². The van der Waals surface area contributed by atoms with E-state index in [2.05, 4.69) is 12.6 Å². The fourth-order valence-electron chi connectivity index (χ4n) is 1.44. The summed E-state index contributed by atoms with van der Waals surface area (Å²) in [5.74, 6) is -0.907. The Morgan fingerprint density at radius 1 is 1.00 bits per heavy atom. The summed E-state index contributed by atoms with van der Waals surface area (Å²) in [6.45, 7) is 0. The molecule has 0 unspecified atom stereocenters. The van der Waals surface area contributed by atoms with Gasteiger partial charge < -0.3 is 0 Å². The van der Waals surface area contributed by atoms with Gasteiger partial charge in [0.2, 0.25) is 0 Å². The molecule has 0 amide bonds. The molecule has 0 nitrogen and oxygen atoms in total. The van der Waals surface area contributed by atoms with E-state index in [1.807, 2.05) is 0 Å². The molecule has 0 N–H and O–H groups in total. The first kappa shape index (κ1) is 11.4. The largest absolute Gasteiger partial charge is 0.207 e. The van der Waals surface area contributed by atoms with Gasteiger partial charge in [-0.3, -0.25) is 0 Å². The Morgan fingerprint density at radius 3 is 2.44 bits per heavy atom. The van der Waals surface area contributed by atoms with Crippen LogP contribution >= 0.6 is 24.2 Å². The Morgan fingerprint density at radius 2 is 1.75 bits per heavy atom. The van der Waals surface area contributed by atoms with Gasteiger partial charge in [0.1, 0.15) is 11.6 Å². The third-order valence-corrected chi connectivity index (χ3v) is 2.86. The fraction of sp³-hybridized carbons (Fsp3) is 0. The molecule has 0 aromatic heterocycles.